The molecule has 0 atom stereocenters. The molecule has 2 aliphatic rings. The lowest BCUT2D eigenvalue weighted by Gasteiger charge is -2.24. The van der Waals surface area contributed by atoms with Gasteiger partial charge < -0.3 is 0 Å². The van der Waals surface area contributed by atoms with Crippen molar-refractivity contribution in [1.82, 2.24) is 0 Å². The van der Waals surface area contributed by atoms with Crippen LogP contribution in [0.4, 0.5) is 0 Å². The molecule has 0 aliphatic heterocycles. The fourth-order valence-electron chi connectivity index (χ4n) is 4.52. The molecule has 0 amide bonds. The molecule has 4 aromatic rings. The lowest BCUT2D eigenvalue weighted by atomic mass is 9.79. The third-order valence-corrected chi connectivity index (χ3v) is 5.42. The molecule has 4 aromatic carbocycles. The molecule has 0 heteroatoms. The molecule has 0 radical (unpaired) electrons. The van der Waals surface area contributed by atoms with E-state index in [1.54, 1.807) is 0 Å². The van der Waals surface area contributed by atoms with Gasteiger partial charge in [0.15, 0.2) is 0 Å². The maximum atomic E-state index is 2.30. The third-order valence-electron chi connectivity index (χ3n) is 5.42. The van der Waals surface area contributed by atoms with E-state index in [0.29, 0.717) is 0 Å². The van der Waals surface area contributed by atoms with Gasteiger partial charge in [0, 0.05) is 0 Å². The first kappa shape index (κ1) is 11.7. The highest BCUT2D eigenvalue weighted by Gasteiger charge is 2.22. The van der Waals surface area contributed by atoms with Crippen LogP contribution in [-0.2, 0) is 0 Å². The zero-order valence-electron chi connectivity index (χ0n) is 12.6. The molecule has 0 N–H and O–H groups in total. The Labute approximate surface area is 134 Å². The van der Waals surface area contributed by atoms with E-state index in [1.165, 1.54) is 54.2 Å². The Bertz CT molecular complexity index is 1260. The summed E-state index contributed by atoms with van der Waals surface area (Å²) in [5.41, 5.74) is 4.37. The van der Waals surface area contributed by atoms with E-state index in [2.05, 4.69) is 72.8 Å². The molecule has 6 rings (SSSR count). The Morgan fingerprint density at radius 1 is 0.696 bits per heavy atom. The average molecular weight is 290 g/mol. The van der Waals surface area contributed by atoms with Crippen molar-refractivity contribution in [3.05, 3.63) is 83.6 Å². The summed E-state index contributed by atoms with van der Waals surface area (Å²) < 4.78 is 0. The Kier molecular flexibility index (Phi) is 1.98. The number of rotatable bonds is 0. The molecular formula is C23H14. The van der Waals surface area contributed by atoms with Crippen LogP contribution < -0.4 is 5.22 Å². The molecule has 23 heavy (non-hydrogen) atoms. The standard InChI is InChI=1S/C23H14/c1-7-15-13-16(8-1)22-20-12-3-6-14-5-2-10-18(21(14)20)19-11-4-9-17(15)23(19)22/h1-12H,13H2. The summed E-state index contributed by atoms with van der Waals surface area (Å²) in [4.78, 5) is 0. The van der Waals surface area contributed by atoms with Crippen molar-refractivity contribution in [3.8, 4) is 0 Å². The van der Waals surface area contributed by atoms with Crippen LogP contribution in [0.15, 0.2) is 72.8 Å². The Hall–Kier alpha value is -2.86. The van der Waals surface area contributed by atoms with Crippen molar-refractivity contribution in [1.29, 1.82) is 0 Å². The predicted octanol–water partition coefficient (Wildman–Crippen LogP) is 5.37. The highest BCUT2D eigenvalue weighted by atomic mass is 14.2. The highest BCUT2D eigenvalue weighted by molar-refractivity contribution is 6.26. The largest absolute Gasteiger partial charge is 0.0617 e. The van der Waals surface area contributed by atoms with Gasteiger partial charge in [-0.2, -0.15) is 0 Å². The van der Waals surface area contributed by atoms with E-state index in [-0.39, 0.29) is 0 Å². The topological polar surface area (TPSA) is 0 Å². The minimum Gasteiger partial charge on any atom is -0.0617 e. The second-order valence-corrected chi connectivity index (χ2v) is 6.57. The molecule has 0 spiro atoms. The van der Waals surface area contributed by atoms with Crippen LogP contribution in [0.1, 0.15) is 12.0 Å². The minimum absolute atomic E-state index is 1.06. The van der Waals surface area contributed by atoms with Crippen LogP contribution in [0.25, 0.3) is 43.5 Å². The summed E-state index contributed by atoms with van der Waals surface area (Å²) in [5, 5.41) is 9.77. The average Bonchev–Trinajstić information content (AvgIpc) is 2.61. The van der Waals surface area contributed by atoms with E-state index in [0.717, 1.165) is 6.42 Å². The fraction of sp³-hybridized carbons (Fsp3) is 0.0435. The lowest BCUT2D eigenvalue weighted by Crippen LogP contribution is -2.15. The van der Waals surface area contributed by atoms with E-state index < -0.39 is 0 Å². The molecule has 106 valence electrons. The number of fused-ring (bicyclic) bond motifs is 5. The van der Waals surface area contributed by atoms with Gasteiger partial charge in [-0.15, -0.1) is 0 Å². The summed E-state index contributed by atoms with van der Waals surface area (Å²) in [7, 11) is 0. The summed E-state index contributed by atoms with van der Waals surface area (Å²) in [6.07, 6.45) is 7.83. The summed E-state index contributed by atoms with van der Waals surface area (Å²) >= 11 is 0. The van der Waals surface area contributed by atoms with Crippen LogP contribution in [-0.4, -0.2) is 0 Å². The number of benzene rings is 4. The monoisotopic (exact) mass is 290 g/mol. The quantitative estimate of drug-likeness (QED) is 0.301. The van der Waals surface area contributed by atoms with Crippen molar-refractivity contribution < 1.29 is 0 Å². The second-order valence-electron chi connectivity index (χ2n) is 6.57. The molecule has 2 bridgehead atoms. The fourth-order valence-corrected chi connectivity index (χ4v) is 4.52. The van der Waals surface area contributed by atoms with Crippen molar-refractivity contribution in [3.63, 3.8) is 0 Å². The maximum Gasteiger partial charge on any atom is -0.00132 e. The van der Waals surface area contributed by atoms with Crippen LogP contribution in [0.2, 0.25) is 0 Å². The van der Waals surface area contributed by atoms with Gasteiger partial charge in [0.25, 0.3) is 0 Å². The van der Waals surface area contributed by atoms with Gasteiger partial charge in [-0.3, -0.25) is 0 Å². The summed E-state index contributed by atoms with van der Waals surface area (Å²) in [6.45, 7) is 0. The van der Waals surface area contributed by atoms with Gasteiger partial charge in [-0.05, 0) is 60.7 Å². The van der Waals surface area contributed by atoms with Crippen molar-refractivity contribution in [2.45, 2.75) is 6.42 Å². The molecular weight excluding hydrogens is 276 g/mol. The Morgan fingerprint density at radius 2 is 1.43 bits per heavy atom. The van der Waals surface area contributed by atoms with E-state index in [4.69, 9.17) is 0 Å². The molecule has 0 saturated carbocycles. The second kappa shape index (κ2) is 3.91. The molecule has 0 saturated heterocycles. The third kappa shape index (κ3) is 1.33. The van der Waals surface area contributed by atoms with Crippen LogP contribution in [0, 0.1) is 0 Å². The van der Waals surface area contributed by atoms with Gasteiger partial charge in [0.05, 0.1) is 0 Å². The molecule has 0 aromatic heterocycles. The molecule has 0 unspecified atom stereocenters. The molecule has 0 fully saturated rings. The molecule has 0 nitrogen and oxygen atoms in total. The Morgan fingerprint density at radius 3 is 2.30 bits per heavy atom. The highest BCUT2D eigenvalue weighted by Crippen LogP contribution is 2.43. The van der Waals surface area contributed by atoms with Crippen molar-refractivity contribution in [2.75, 3.05) is 0 Å². The van der Waals surface area contributed by atoms with Gasteiger partial charge in [0.1, 0.15) is 0 Å². The zero-order valence-corrected chi connectivity index (χ0v) is 12.6. The lowest BCUT2D eigenvalue weighted by molar-refractivity contribution is 1.37. The van der Waals surface area contributed by atoms with Crippen LogP contribution in [0.3, 0.4) is 0 Å². The molecule has 2 aliphatic carbocycles. The van der Waals surface area contributed by atoms with Gasteiger partial charge in [0.2, 0.25) is 0 Å². The first-order chi connectivity index (χ1) is 11.4. The van der Waals surface area contributed by atoms with Crippen molar-refractivity contribution >= 4 is 43.5 Å². The first-order valence-corrected chi connectivity index (χ1v) is 8.18. The van der Waals surface area contributed by atoms with Crippen LogP contribution in [0.5, 0.6) is 0 Å². The maximum absolute atomic E-state index is 2.30. The Balaban J connectivity index is 2.09. The number of hydrogen-bond donors (Lipinski definition) is 0. The smallest absolute Gasteiger partial charge is 0.00132 e. The normalized spacial score (nSPS) is 15.7. The van der Waals surface area contributed by atoms with E-state index in [1.807, 2.05) is 0 Å². The van der Waals surface area contributed by atoms with Crippen molar-refractivity contribution in [2.24, 2.45) is 0 Å². The number of allylic oxidation sites excluding steroid dienone is 4. The summed E-state index contributed by atoms with van der Waals surface area (Å²) in [5.74, 6) is 0. The SMILES string of the molecule is C1=CC2=c3cccc4c3c(c3cccc5cccc4c53)C(=C1)C2. The van der Waals surface area contributed by atoms with Gasteiger partial charge in [-0.25, -0.2) is 0 Å². The van der Waals surface area contributed by atoms with E-state index >= 15 is 0 Å². The van der Waals surface area contributed by atoms with Gasteiger partial charge in [-0.1, -0.05) is 72.8 Å². The minimum atomic E-state index is 1.06. The predicted molar refractivity (Wildman–Crippen MR) is 99.3 cm³/mol. The number of hydrogen-bond acceptors (Lipinski definition) is 0. The van der Waals surface area contributed by atoms with E-state index in [9.17, 15) is 0 Å². The van der Waals surface area contributed by atoms with Gasteiger partial charge >= 0.3 is 0 Å². The molecule has 0 heterocycles. The zero-order chi connectivity index (χ0) is 15.0. The summed E-state index contributed by atoms with van der Waals surface area (Å²) in [6, 6.07) is 20.2. The first-order valence-electron chi connectivity index (χ1n) is 8.18. The van der Waals surface area contributed by atoms with Crippen LogP contribution >= 0.6 is 0 Å².